The summed E-state index contributed by atoms with van der Waals surface area (Å²) in [5.74, 6) is 0.168. The van der Waals surface area contributed by atoms with Crippen LogP contribution in [0.2, 0.25) is 0 Å². The third-order valence-electron chi connectivity index (χ3n) is 5.76. The molecule has 1 aliphatic rings. The lowest BCUT2D eigenvalue weighted by atomic mass is 10.0. The molecule has 1 N–H and O–H groups in total. The van der Waals surface area contributed by atoms with Crippen molar-refractivity contribution in [3.63, 3.8) is 0 Å². The van der Waals surface area contributed by atoms with Gasteiger partial charge in [0.15, 0.2) is 5.82 Å². The number of piperidine rings is 1. The van der Waals surface area contributed by atoms with E-state index in [1.54, 1.807) is 23.0 Å². The van der Waals surface area contributed by atoms with Gasteiger partial charge in [0.25, 0.3) is 5.91 Å². The molecule has 0 aliphatic carbocycles. The summed E-state index contributed by atoms with van der Waals surface area (Å²) in [6, 6.07) is 10.5. The molecule has 0 saturated carbocycles. The number of benzene rings is 1. The van der Waals surface area contributed by atoms with Crippen molar-refractivity contribution in [2.45, 2.75) is 38.6 Å². The molecular weight excluding hydrogens is 381 g/mol. The van der Waals surface area contributed by atoms with Crippen LogP contribution in [0, 0.1) is 5.82 Å². The van der Waals surface area contributed by atoms with Gasteiger partial charge in [0.1, 0.15) is 11.4 Å². The lowest BCUT2D eigenvalue weighted by Crippen LogP contribution is -2.39. The van der Waals surface area contributed by atoms with Crippen LogP contribution in [-0.2, 0) is 0 Å². The van der Waals surface area contributed by atoms with Crippen LogP contribution in [0.15, 0.2) is 55.0 Å². The number of nitrogens with zero attached hydrogens (tertiary/aromatic N) is 4. The van der Waals surface area contributed by atoms with Crippen molar-refractivity contribution in [3.8, 4) is 11.5 Å². The van der Waals surface area contributed by atoms with Gasteiger partial charge >= 0.3 is 0 Å². The van der Waals surface area contributed by atoms with Gasteiger partial charge in [-0.3, -0.25) is 4.79 Å². The number of rotatable bonds is 7. The van der Waals surface area contributed by atoms with Gasteiger partial charge in [0.05, 0.1) is 11.9 Å². The maximum atomic E-state index is 13.3. The Bertz CT molecular complexity index is 964. The highest BCUT2D eigenvalue weighted by Crippen LogP contribution is 2.20. The minimum Gasteiger partial charge on any atom is -0.352 e. The number of halogens is 1. The van der Waals surface area contributed by atoms with Crippen molar-refractivity contribution in [2.75, 3.05) is 19.6 Å². The first kappa shape index (κ1) is 20.3. The van der Waals surface area contributed by atoms with Crippen molar-refractivity contribution < 1.29 is 9.18 Å². The molecule has 0 spiro atoms. The van der Waals surface area contributed by atoms with Crippen molar-refractivity contribution >= 4 is 5.91 Å². The number of hydrogen-bond acceptors (Lipinski definition) is 3. The molecule has 158 valence electrons. The summed E-state index contributed by atoms with van der Waals surface area (Å²) >= 11 is 0. The highest BCUT2D eigenvalue weighted by molar-refractivity contribution is 5.97. The molecule has 1 saturated heterocycles. The van der Waals surface area contributed by atoms with Gasteiger partial charge in [-0.25, -0.2) is 9.07 Å². The molecule has 1 aromatic carbocycles. The zero-order valence-electron chi connectivity index (χ0n) is 17.3. The first-order chi connectivity index (χ1) is 14.6. The van der Waals surface area contributed by atoms with E-state index in [-0.39, 0.29) is 11.7 Å². The van der Waals surface area contributed by atoms with Crippen molar-refractivity contribution in [1.29, 1.82) is 0 Å². The fourth-order valence-electron chi connectivity index (χ4n) is 4.07. The quantitative estimate of drug-likeness (QED) is 0.604. The lowest BCUT2D eigenvalue weighted by Gasteiger charge is -2.33. The molecule has 0 bridgehead atoms. The number of carbonyl (C=O) groups is 1. The first-order valence-corrected chi connectivity index (χ1v) is 10.6. The Hall–Kier alpha value is -2.93. The average molecular weight is 410 g/mol. The number of aromatic nitrogens is 3. The van der Waals surface area contributed by atoms with Crippen LogP contribution in [0.1, 0.15) is 43.0 Å². The number of amides is 1. The molecule has 30 heavy (non-hydrogen) atoms. The number of nitrogens with one attached hydrogen (secondary N) is 1. The summed E-state index contributed by atoms with van der Waals surface area (Å²) in [6.45, 7) is 5.05. The third-order valence-corrected chi connectivity index (χ3v) is 5.76. The monoisotopic (exact) mass is 409 g/mol. The molecule has 3 heterocycles. The Balaban J connectivity index is 1.46. The van der Waals surface area contributed by atoms with Crippen LogP contribution in [0.3, 0.4) is 0 Å². The van der Waals surface area contributed by atoms with Gasteiger partial charge < -0.3 is 14.8 Å². The van der Waals surface area contributed by atoms with E-state index in [1.165, 1.54) is 31.4 Å². The Kier molecular flexibility index (Phi) is 6.28. The first-order valence-electron chi connectivity index (χ1n) is 10.6. The van der Waals surface area contributed by atoms with E-state index in [0.29, 0.717) is 29.7 Å². The maximum absolute atomic E-state index is 13.3. The van der Waals surface area contributed by atoms with Crippen molar-refractivity contribution in [1.82, 2.24) is 24.6 Å². The molecule has 3 aromatic rings. The van der Waals surface area contributed by atoms with Gasteiger partial charge in [-0.1, -0.05) is 6.42 Å². The molecule has 6 nitrogen and oxygen atoms in total. The predicted molar refractivity (Wildman–Crippen MR) is 115 cm³/mol. The van der Waals surface area contributed by atoms with E-state index in [9.17, 15) is 9.18 Å². The van der Waals surface area contributed by atoms with Crippen LogP contribution in [0.5, 0.6) is 0 Å². The van der Waals surface area contributed by atoms with E-state index in [2.05, 4.69) is 22.2 Å². The zero-order valence-corrected chi connectivity index (χ0v) is 17.3. The Morgan fingerprint density at radius 2 is 1.97 bits per heavy atom. The average Bonchev–Trinajstić information content (AvgIpc) is 3.42. The topological polar surface area (TPSA) is 55.1 Å². The highest BCUT2D eigenvalue weighted by atomic mass is 19.1. The number of likely N-dealkylation sites (tertiary alicyclic amines) is 1. The second-order valence-corrected chi connectivity index (χ2v) is 7.85. The summed E-state index contributed by atoms with van der Waals surface area (Å²) in [4.78, 5) is 15.4. The molecule has 1 fully saturated rings. The summed E-state index contributed by atoms with van der Waals surface area (Å²) < 4.78 is 16.8. The van der Waals surface area contributed by atoms with Crippen molar-refractivity contribution in [2.24, 2.45) is 0 Å². The van der Waals surface area contributed by atoms with Gasteiger partial charge in [-0.15, -0.1) is 0 Å². The molecule has 1 unspecified atom stereocenters. The SMILES string of the molecule is CC1CCCCN1CCCNC(=O)c1cnn(-c2ccc(F)cc2)c1-n1cccc1. The molecular formula is C23H28FN5O. The van der Waals surface area contributed by atoms with Crippen molar-refractivity contribution in [3.05, 3.63) is 66.4 Å². The fourth-order valence-corrected chi connectivity index (χ4v) is 4.07. The van der Waals surface area contributed by atoms with Gasteiger partial charge in [0, 0.05) is 31.5 Å². The summed E-state index contributed by atoms with van der Waals surface area (Å²) in [5, 5.41) is 7.45. The largest absolute Gasteiger partial charge is 0.352 e. The molecule has 1 amide bonds. The molecule has 7 heteroatoms. The molecule has 0 radical (unpaired) electrons. The van der Waals surface area contributed by atoms with E-state index in [1.807, 2.05) is 29.1 Å². The molecule has 1 aliphatic heterocycles. The van der Waals surface area contributed by atoms with E-state index in [0.717, 1.165) is 19.5 Å². The number of carbonyl (C=O) groups excluding carboxylic acids is 1. The second kappa shape index (κ2) is 9.26. The number of hydrogen-bond donors (Lipinski definition) is 1. The van der Waals surface area contributed by atoms with Gasteiger partial charge in [0.2, 0.25) is 0 Å². The molecule has 2 aromatic heterocycles. The van der Waals surface area contributed by atoms with Crippen LogP contribution in [-0.4, -0.2) is 50.8 Å². The maximum Gasteiger partial charge on any atom is 0.256 e. The van der Waals surface area contributed by atoms with Gasteiger partial charge in [-0.05, 0) is 69.1 Å². The zero-order chi connectivity index (χ0) is 20.9. The molecule has 1 atom stereocenters. The van der Waals surface area contributed by atoms with Crippen LogP contribution in [0.4, 0.5) is 4.39 Å². The van der Waals surface area contributed by atoms with E-state index >= 15 is 0 Å². The van der Waals surface area contributed by atoms with E-state index in [4.69, 9.17) is 0 Å². The van der Waals surface area contributed by atoms with Crippen LogP contribution < -0.4 is 5.32 Å². The lowest BCUT2D eigenvalue weighted by molar-refractivity contribution is 0.0949. The second-order valence-electron chi connectivity index (χ2n) is 7.85. The normalized spacial score (nSPS) is 17.2. The van der Waals surface area contributed by atoms with Crippen LogP contribution >= 0.6 is 0 Å². The standard InChI is InChI=1S/C23H28FN5O/c1-18-7-2-3-13-27(18)16-6-12-25-22(30)21-17-26-29(20-10-8-19(24)9-11-20)23(21)28-14-4-5-15-28/h4-5,8-11,14-15,17-18H,2-3,6-7,12-13,16H2,1H3,(H,25,30). The summed E-state index contributed by atoms with van der Waals surface area (Å²) in [6.07, 6.45) is 10.1. The Labute approximate surface area is 176 Å². The minimum atomic E-state index is -0.311. The Morgan fingerprint density at radius 1 is 1.20 bits per heavy atom. The van der Waals surface area contributed by atoms with Gasteiger partial charge in [-0.2, -0.15) is 5.10 Å². The fraction of sp³-hybridized carbons (Fsp3) is 0.391. The minimum absolute atomic E-state index is 0.154. The Morgan fingerprint density at radius 3 is 2.70 bits per heavy atom. The molecule has 4 rings (SSSR count). The van der Waals surface area contributed by atoms with E-state index < -0.39 is 0 Å². The summed E-state index contributed by atoms with van der Waals surface area (Å²) in [5.41, 5.74) is 1.18. The predicted octanol–water partition coefficient (Wildman–Crippen LogP) is 3.80. The smallest absolute Gasteiger partial charge is 0.256 e. The third kappa shape index (κ3) is 4.46. The van der Waals surface area contributed by atoms with Crippen LogP contribution in [0.25, 0.3) is 11.5 Å². The highest BCUT2D eigenvalue weighted by Gasteiger charge is 2.20. The summed E-state index contributed by atoms with van der Waals surface area (Å²) in [7, 11) is 0.